The van der Waals surface area contributed by atoms with Gasteiger partial charge in [-0.1, -0.05) is 0 Å². The Morgan fingerprint density at radius 3 is 2.63 bits per heavy atom. The number of aromatic nitrogens is 2. The summed E-state index contributed by atoms with van der Waals surface area (Å²) in [6, 6.07) is 0.0871. The van der Waals surface area contributed by atoms with Crippen molar-refractivity contribution in [2.45, 2.75) is 45.7 Å². The van der Waals surface area contributed by atoms with E-state index in [-0.39, 0.29) is 18.4 Å². The SMILES string of the molecule is CC(C)N(CCCC(=O)O)C(=O)CCn1ccnc1. The summed E-state index contributed by atoms with van der Waals surface area (Å²) in [4.78, 5) is 28.2. The molecule has 0 radical (unpaired) electrons. The van der Waals surface area contributed by atoms with Gasteiger partial charge in [0.25, 0.3) is 0 Å². The average molecular weight is 267 g/mol. The summed E-state index contributed by atoms with van der Waals surface area (Å²) >= 11 is 0. The molecule has 0 fully saturated rings. The fraction of sp³-hybridized carbons (Fsp3) is 0.615. The van der Waals surface area contributed by atoms with Crippen molar-refractivity contribution in [1.29, 1.82) is 0 Å². The van der Waals surface area contributed by atoms with Gasteiger partial charge in [0.15, 0.2) is 0 Å². The second kappa shape index (κ2) is 7.56. The minimum Gasteiger partial charge on any atom is -0.481 e. The lowest BCUT2D eigenvalue weighted by Gasteiger charge is -2.26. The Labute approximate surface area is 113 Å². The third kappa shape index (κ3) is 5.54. The van der Waals surface area contributed by atoms with E-state index in [0.29, 0.717) is 25.9 Å². The number of aryl methyl sites for hydroxylation is 1. The number of carbonyl (C=O) groups is 2. The first-order valence-corrected chi connectivity index (χ1v) is 6.47. The third-order valence-corrected chi connectivity index (χ3v) is 2.88. The van der Waals surface area contributed by atoms with Gasteiger partial charge in [-0.05, 0) is 20.3 Å². The van der Waals surface area contributed by atoms with Crippen LogP contribution in [0.3, 0.4) is 0 Å². The van der Waals surface area contributed by atoms with Gasteiger partial charge in [-0.3, -0.25) is 9.59 Å². The Kier molecular flexibility index (Phi) is 6.05. The van der Waals surface area contributed by atoms with Crippen LogP contribution in [0.15, 0.2) is 18.7 Å². The summed E-state index contributed by atoms with van der Waals surface area (Å²) in [5.74, 6) is -0.774. The van der Waals surface area contributed by atoms with Crippen LogP contribution in [-0.4, -0.2) is 44.0 Å². The number of hydrogen-bond acceptors (Lipinski definition) is 3. The second-order valence-electron chi connectivity index (χ2n) is 4.73. The molecule has 106 valence electrons. The van der Waals surface area contributed by atoms with Crippen molar-refractivity contribution in [1.82, 2.24) is 14.5 Å². The van der Waals surface area contributed by atoms with Gasteiger partial charge < -0.3 is 14.6 Å². The predicted octanol–water partition coefficient (Wildman–Crippen LogP) is 1.37. The second-order valence-corrected chi connectivity index (χ2v) is 4.73. The molecule has 0 unspecified atom stereocenters. The minimum atomic E-state index is -0.824. The summed E-state index contributed by atoms with van der Waals surface area (Å²) in [6.45, 7) is 4.97. The van der Waals surface area contributed by atoms with Crippen molar-refractivity contribution >= 4 is 11.9 Å². The van der Waals surface area contributed by atoms with Crippen molar-refractivity contribution in [2.75, 3.05) is 6.54 Å². The Morgan fingerprint density at radius 1 is 1.37 bits per heavy atom. The van der Waals surface area contributed by atoms with Crippen LogP contribution in [0.25, 0.3) is 0 Å². The molecule has 0 aliphatic rings. The monoisotopic (exact) mass is 267 g/mol. The topological polar surface area (TPSA) is 75.4 Å². The normalized spacial score (nSPS) is 10.7. The van der Waals surface area contributed by atoms with E-state index in [0.717, 1.165) is 0 Å². The zero-order chi connectivity index (χ0) is 14.3. The molecule has 0 aliphatic heterocycles. The van der Waals surface area contributed by atoms with E-state index in [4.69, 9.17) is 5.11 Å². The quantitative estimate of drug-likeness (QED) is 0.772. The van der Waals surface area contributed by atoms with Gasteiger partial charge in [-0.2, -0.15) is 0 Å². The van der Waals surface area contributed by atoms with Crippen molar-refractivity contribution < 1.29 is 14.7 Å². The van der Waals surface area contributed by atoms with Crippen LogP contribution in [-0.2, 0) is 16.1 Å². The van der Waals surface area contributed by atoms with Crippen LogP contribution >= 0.6 is 0 Å². The summed E-state index contributed by atoms with van der Waals surface area (Å²) in [5.41, 5.74) is 0. The van der Waals surface area contributed by atoms with Crippen molar-refractivity contribution in [2.24, 2.45) is 0 Å². The van der Waals surface area contributed by atoms with Crippen molar-refractivity contribution in [3.8, 4) is 0 Å². The summed E-state index contributed by atoms with van der Waals surface area (Å²) in [6.07, 6.45) is 6.16. The first-order valence-electron chi connectivity index (χ1n) is 6.47. The molecule has 19 heavy (non-hydrogen) atoms. The smallest absolute Gasteiger partial charge is 0.303 e. The number of carbonyl (C=O) groups excluding carboxylic acids is 1. The lowest BCUT2D eigenvalue weighted by atomic mass is 10.2. The Morgan fingerprint density at radius 2 is 2.11 bits per heavy atom. The number of carboxylic acids is 1. The fourth-order valence-electron chi connectivity index (χ4n) is 1.86. The predicted molar refractivity (Wildman–Crippen MR) is 70.6 cm³/mol. The number of amides is 1. The molecular weight excluding hydrogens is 246 g/mol. The standard InChI is InChI=1S/C13H21N3O3/c1-11(2)16(7-3-4-13(18)19)12(17)5-8-15-9-6-14-10-15/h6,9-11H,3-5,7-8H2,1-2H3,(H,18,19). The van der Waals surface area contributed by atoms with E-state index in [1.807, 2.05) is 24.6 Å². The van der Waals surface area contributed by atoms with Gasteiger partial charge in [0, 0.05) is 44.4 Å². The van der Waals surface area contributed by atoms with E-state index >= 15 is 0 Å². The highest BCUT2D eigenvalue weighted by Crippen LogP contribution is 2.06. The van der Waals surface area contributed by atoms with Crippen LogP contribution in [0.1, 0.15) is 33.1 Å². The third-order valence-electron chi connectivity index (χ3n) is 2.88. The number of hydrogen-bond donors (Lipinski definition) is 1. The molecule has 1 rings (SSSR count). The maximum absolute atomic E-state index is 12.1. The lowest BCUT2D eigenvalue weighted by molar-refractivity contribution is -0.138. The highest BCUT2D eigenvalue weighted by molar-refractivity contribution is 5.76. The average Bonchev–Trinajstić information content (AvgIpc) is 2.84. The maximum Gasteiger partial charge on any atom is 0.303 e. The van der Waals surface area contributed by atoms with E-state index in [1.165, 1.54) is 0 Å². The van der Waals surface area contributed by atoms with E-state index in [9.17, 15) is 9.59 Å². The molecule has 0 bridgehead atoms. The van der Waals surface area contributed by atoms with Gasteiger partial charge in [0.1, 0.15) is 0 Å². The number of carboxylic acid groups (broad SMARTS) is 1. The first kappa shape index (κ1) is 15.2. The molecule has 1 N–H and O–H groups in total. The molecular formula is C13H21N3O3. The minimum absolute atomic E-state index is 0.0501. The van der Waals surface area contributed by atoms with Crippen LogP contribution in [0.2, 0.25) is 0 Å². The molecule has 0 aromatic carbocycles. The fourth-order valence-corrected chi connectivity index (χ4v) is 1.86. The highest BCUT2D eigenvalue weighted by atomic mass is 16.4. The molecule has 1 aromatic rings. The Balaban J connectivity index is 2.41. The maximum atomic E-state index is 12.1. The molecule has 1 amide bonds. The molecule has 0 aliphatic carbocycles. The highest BCUT2D eigenvalue weighted by Gasteiger charge is 2.16. The number of nitrogens with zero attached hydrogens (tertiary/aromatic N) is 3. The molecule has 0 spiro atoms. The van der Waals surface area contributed by atoms with Gasteiger partial charge in [0.05, 0.1) is 6.33 Å². The zero-order valence-corrected chi connectivity index (χ0v) is 11.5. The Hall–Kier alpha value is -1.85. The summed E-state index contributed by atoms with van der Waals surface area (Å²) in [5, 5.41) is 8.62. The van der Waals surface area contributed by atoms with Crippen LogP contribution < -0.4 is 0 Å². The molecule has 0 saturated carbocycles. The van der Waals surface area contributed by atoms with Gasteiger partial charge >= 0.3 is 5.97 Å². The van der Waals surface area contributed by atoms with Crippen LogP contribution in [0, 0.1) is 0 Å². The van der Waals surface area contributed by atoms with Gasteiger partial charge in [-0.25, -0.2) is 4.98 Å². The summed E-state index contributed by atoms with van der Waals surface area (Å²) < 4.78 is 1.85. The van der Waals surface area contributed by atoms with E-state index in [2.05, 4.69) is 4.98 Å². The van der Waals surface area contributed by atoms with Crippen molar-refractivity contribution in [3.05, 3.63) is 18.7 Å². The molecule has 6 nitrogen and oxygen atoms in total. The number of rotatable bonds is 8. The summed E-state index contributed by atoms with van der Waals surface area (Å²) in [7, 11) is 0. The Bertz CT molecular complexity index is 401. The molecule has 6 heteroatoms. The van der Waals surface area contributed by atoms with Gasteiger partial charge in [-0.15, -0.1) is 0 Å². The lowest BCUT2D eigenvalue weighted by Crippen LogP contribution is -2.38. The molecule has 0 saturated heterocycles. The van der Waals surface area contributed by atoms with Crippen molar-refractivity contribution in [3.63, 3.8) is 0 Å². The number of imidazole rings is 1. The van der Waals surface area contributed by atoms with E-state index in [1.54, 1.807) is 17.4 Å². The first-order chi connectivity index (χ1) is 9.00. The van der Waals surface area contributed by atoms with Gasteiger partial charge in [0.2, 0.25) is 5.91 Å². The molecule has 0 atom stereocenters. The van der Waals surface area contributed by atoms with Crippen LogP contribution in [0.5, 0.6) is 0 Å². The molecule has 1 aromatic heterocycles. The van der Waals surface area contributed by atoms with Crippen LogP contribution in [0.4, 0.5) is 0 Å². The molecule has 1 heterocycles. The largest absolute Gasteiger partial charge is 0.481 e. The van der Waals surface area contributed by atoms with E-state index < -0.39 is 5.97 Å². The number of aliphatic carboxylic acids is 1. The zero-order valence-electron chi connectivity index (χ0n) is 11.5.